The number of hydrogen-bond donors (Lipinski definition) is 4. The summed E-state index contributed by atoms with van der Waals surface area (Å²) >= 11 is 0. The first-order chi connectivity index (χ1) is 16.5. The molecule has 0 saturated heterocycles. The molecule has 0 radical (unpaired) electrons. The maximum atomic E-state index is 13.1. The maximum absolute atomic E-state index is 13.1. The average Bonchev–Trinajstić information content (AvgIpc) is 3.47. The lowest BCUT2D eigenvalue weighted by molar-refractivity contribution is -0.123. The first-order valence-electron chi connectivity index (χ1n) is 11.2. The quantitative estimate of drug-likeness (QED) is 0.253. The number of amides is 3. The van der Waals surface area contributed by atoms with E-state index in [-0.39, 0.29) is 5.91 Å². The molecule has 8 nitrogen and oxygen atoms in total. The van der Waals surface area contributed by atoms with Crippen LogP contribution in [0, 0.1) is 0 Å². The van der Waals surface area contributed by atoms with Crippen molar-refractivity contribution in [2.75, 3.05) is 18.9 Å². The van der Waals surface area contributed by atoms with Crippen molar-refractivity contribution in [3.8, 4) is 0 Å². The second kappa shape index (κ2) is 8.64. The Hall–Kier alpha value is -4.17. The summed E-state index contributed by atoms with van der Waals surface area (Å²) in [4.78, 5) is 41.2. The highest BCUT2D eigenvalue weighted by molar-refractivity contribution is 6.50. The minimum absolute atomic E-state index is 0.176. The maximum Gasteiger partial charge on any atom is 0.259 e. The van der Waals surface area contributed by atoms with E-state index >= 15 is 0 Å². The van der Waals surface area contributed by atoms with Crippen LogP contribution in [0.25, 0.3) is 33.0 Å². The monoisotopic (exact) mass is 455 g/mol. The van der Waals surface area contributed by atoms with Gasteiger partial charge in [-0.25, -0.2) is 0 Å². The van der Waals surface area contributed by atoms with Crippen LogP contribution in [0.2, 0.25) is 0 Å². The lowest BCUT2D eigenvalue weighted by Gasteiger charge is -2.10. The van der Waals surface area contributed by atoms with Crippen LogP contribution in [0.4, 0.5) is 5.69 Å². The Balaban J connectivity index is 1.77. The van der Waals surface area contributed by atoms with Crippen molar-refractivity contribution in [2.24, 2.45) is 0 Å². The second-order valence-corrected chi connectivity index (χ2v) is 8.36. The van der Waals surface area contributed by atoms with E-state index in [1.54, 1.807) is 6.20 Å². The third kappa shape index (κ3) is 3.58. The summed E-state index contributed by atoms with van der Waals surface area (Å²) in [6.07, 6.45) is 4.54. The zero-order valence-electron chi connectivity index (χ0n) is 19.0. The van der Waals surface area contributed by atoms with Gasteiger partial charge < -0.3 is 20.2 Å². The van der Waals surface area contributed by atoms with Crippen LogP contribution in [-0.4, -0.2) is 40.9 Å². The summed E-state index contributed by atoms with van der Waals surface area (Å²) in [5, 5.41) is 10.2. The summed E-state index contributed by atoms with van der Waals surface area (Å²) in [6, 6.07) is 13.3. The molecular weight excluding hydrogens is 430 g/mol. The van der Waals surface area contributed by atoms with E-state index in [1.807, 2.05) is 60.3 Å². The summed E-state index contributed by atoms with van der Waals surface area (Å²) in [5.41, 5.74) is 4.41. The molecule has 4 N–H and O–H groups in total. The van der Waals surface area contributed by atoms with Gasteiger partial charge in [-0.3, -0.25) is 19.7 Å². The molecule has 1 aliphatic rings. The Morgan fingerprint density at radius 2 is 1.71 bits per heavy atom. The Kier molecular flexibility index (Phi) is 5.51. The molecule has 0 bridgehead atoms. The van der Waals surface area contributed by atoms with Crippen molar-refractivity contribution in [3.05, 3.63) is 66.0 Å². The van der Waals surface area contributed by atoms with Gasteiger partial charge in [0, 0.05) is 53.3 Å². The minimum atomic E-state index is -0.426. The molecule has 4 aromatic rings. The van der Waals surface area contributed by atoms with Crippen LogP contribution < -0.4 is 16.0 Å². The third-order valence-corrected chi connectivity index (χ3v) is 6.09. The number of aromatic amines is 1. The Morgan fingerprint density at radius 1 is 0.971 bits per heavy atom. The third-order valence-electron chi connectivity index (χ3n) is 6.09. The number of aryl methyl sites for hydroxylation is 1. The predicted octanol–water partition coefficient (Wildman–Crippen LogP) is 3.26. The molecule has 3 amide bonds. The van der Waals surface area contributed by atoms with Gasteiger partial charge in [0.1, 0.15) is 0 Å². The molecule has 0 spiro atoms. The minimum Gasteiger partial charge on any atom is -0.361 e. The molecule has 0 fully saturated rings. The molecule has 2 aromatic heterocycles. The smallest absolute Gasteiger partial charge is 0.259 e. The van der Waals surface area contributed by atoms with Crippen molar-refractivity contribution < 1.29 is 14.4 Å². The second-order valence-electron chi connectivity index (χ2n) is 8.36. The van der Waals surface area contributed by atoms with Crippen LogP contribution in [0.1, 0.15) is 24.5 Å². The van der Waals surface area contributed by atoms with Crippen LogP contribution >= 0.6 is 0 Å². The molecule has 34 heavy (non-hydrogen) atoms. The fourth-order valence-electron chi connectivity index (χ4n) is 4.70. The van der Waals surface area contributed by atoms with E-state index in [4.69, 9.17) is 0 Å². The number of anilines is 1. The van der Waals surface area contributed by atoms with E-state index in [0.717, 1.165) is 34.8 Å². The number of nitrogens with zero attached hydrogens (tertiary/aromatic N) is 1. The molecule has 172 valence electrons. The number of para-hydroxylation sites is 2. The van der Waals surface area contributed by atoms with Crippen molar-refractivity contribution in [1.29, 1.82) is 0 Å². The first kappa shape index (κ1) is 21.7. The number of benzene rings is 2. The van der Waals surface area contributed by atoms with Gasteiger partial charge in [-0.05, 0) is 32.1 Å². The zero-order chi connectivity index (χ0) is 23.8. The lowest BCUT2D eigenvalue weighted by atomic mass is 9.95. The molecule has 2 aromatic carbocycles. The van der Waals surface area contributed by atoms with Gasteiger partial charge in [0.05, 0.1) is 22.4 Å². The molecule has 0 atom stereocenters. The molecule has 3 heterocycles. The number of imide groups is 1. The topological polar surface area (TPSA) is 108 Å². The Bertz CT molecular complexity index is 1490. The van der Waals surface area contributed by atoms with Gasteiger partial charge >= 0.3 is 0 Å². The number of rotatable bonds is 7. The fourth-order valence-corrected chi connectivity index (χ4v) is 4.70. The number of H-pyrrole nitrogens is 1. The van der Waals surface area contributed by atoms with Gasteiger partial charge in [-0.1, -0.05) is 30.3 Å². The summed E-state index contributed by atoms with van der Waals surface area (Å²) in [7, 11) is 1.90. The van der Waals surface area contributed by atoms with Gasteiger partial charge in [0.25, 0.3) is 11.8 Å². The number of fused-ring (bicyclic) bond motifs is 2. The van der Waals surface area contributed by atoms with E-state index in [0.29, 0.717) is 34.5 Å². The van der Waals surface area contributed by atoms with E-state index < -0.39 is 11.8 Å². The Morgan fingerprint density at radius 3 is 2.47 bits per heavy atom. The highest BCUT2D eigenvalue weighted by Gasteiger charge is 2.35. The number of aromatic nitrogens is 2. The van der Waals surface area contributed by atoms with Gasteiger partial charge in [-0.2, -0.15) is 0 Å². The molecule has 8 heteroatoms. The predicted molar refractivity (Wildman–Crippen MR) is 133 cm³/mol. The van der Waals surface area contributed by atoms with Crippen molar-refractivity contribution in [3.63, 3.8) is 0 Å². The van der Waals surface area contributed by atoms with Gasteiger partial charge in [0.2, 0.25) is 5.91 Å². The van der Waals surface area contributed by atoms with Crippen molar-refractivity contribution in [1.82, 2.24) is 20.2 Å². The Labute approximate surface area is 196 Å². The van der Waals surface area contributed by atoms with Gasteiger partial charge in [-0.15, -0.1) is 0 Å². The first-order valence-corrected chi connectivity index (χ1v) is 11.2. The van der Waals surface area contributed by atoms with Crippen LogP contribution in [0.15, 0.2) is 54.9 Å². The summed E-state index contributed by atoms with van der Waals surface area (Å²) < 4.78 is 2.04. The van der Waals surface area contributed by atoms with Crippen molar-refractivity contribution in [2.45, 2.75) is 19.9 Å². The van der Waals surface area contributed by atoms with Gasteiger partial charge in [0.15, 0.2) is 0 Å². The molecular formula is C26H25N5O3. The molecule has 1 aliphatic heterocycles. The van der Waals surface area contributed by atoms with Crippen molar-refractivity contribution >= 4 is 56.4 Å². The SMILES string of the molecule is CNCCCn1cc(C2=C(c3c[nH]c4ccccc34)C(=O)NC2=O)c2cccc(NC(C)=O)c21. The lowest BCUT2D eigenvalue weighted by Crippen LogP contribution is -2.22. The molecule has 0 unspecified atom stereocenters. The molecule has 0 aliphatic carbocycles. The zero-order valence-corrected chi connectivity index (χ0v) is 19.0. The van der Waals surface area contributed by atoms with E-state index in [1.165, 1.54) is 6.92 Å². The van der Waals surface area contributed by atoms with E-state index in [9.17, 15) is 14.4 Å². The van der Waals surface area contributed by atoms with E-state index in [2.05, 4.69) is 20.9 Å². The average molecular weight is 456 g/mol. The van der Waals surface area contributed by atoms with Crippen LogP contribution in [0.5, 0.6) is 0 Å². The van der Waals surface area contributed by atoms with Crippen LogP contribution in [0.3, 0.4) is 0 Å². The fraction of sp³-hybridized carbons (Fsp3) is 0.192. The summed E-state index contributed by atoms with van der Waals surface area (Å²) in [5.74, 6) is -1.02. The molecule has 0 saturated carbocycles. The standard InChI is InChI=1S/C26H25N5O3/c1-15(32)29-21-10-5-8-17-19(14-31(24(17)21)12-6-11-27-2)23-22(25(33)30-26(23)34)18-13-28-20-9-4-3-7-16(18)20/h3-5,7-10,13-14,27-28H,6,11-12H2,1-2H3,(H,29,32)(H,30,33,34). The number of hydrogen-bond acceptors (Lipinski definition) is 4. The molecule has 5 rings (SSSR count). The van der Waals surface area contributed by atoms with Crippen LogP contribution in [-0.2, 0) is 20.9 Å². The summed E-state index contributed by atoms with van der Waals surface area (Å²) in [6.45, 7) is 2.97. The number of carbonyl (C=O) groups excluding carboxylic acids is 3. The number of nitrogens with one attached hydrogen (secondary N) is 4. The highest BCUT2D eigenvalue weighted by Crippen LogP contribution is 2.39. The normalized spacial score (nSPS) is 13.8. The highest BCUT2D eigenvalue weighted by atomic mass is 16.2. The number of carbonyl (C=O) groups is 3. The largest absolute Gasteiger partial charge is 0.361 e.